The van der Waals surface area contributed by atoms with Crippen LogP contribution in [-0.2, 0) is 19.1 Å². The van der Waals surface area contributed by atoms with Crippen molar-refractivity contribution < 1.29 is 19.1 Å². The van der Waals surface area contributed by atoms with E-state index in [2.05, 4.69) is 10.1 Å². The van der Waals surface area contributed by atoms with Gasteiger partial charge in [0.05, 0.1) is 18.8 Å². The zero-order valence-corrected chi connectivity index (χ0v) is 9.12. The van der Waals surface area contributed by atoms with Crippen molar-refractivity contribution in [3.63, 3.8) is 0 Å². The van der Waals surface area contributed by atoms with Gasteiger partial charge in [-0.2, -0.15) is 0 Å². The van der Waals surface area contributed by atoms with Gasteiger partial charge in [0.2, 0.25) is 0 Å². The molecule has 1 rings (SSSR count). The largest absolute Gasteiger partial charge is 0.459 e. The summed E-state index contributed by atoms with van der Waals surface area (Å²) in [6.45, 7) is 4.42. The summed E-state index contributed by atoms with van der Waals surface area (Å²) in [6, 6.07) is -0.149. The van der Waals surface area contributed by atoms with E-state index in [0.29, 0.717) is 0 Å². The molecule has 1 heterocycles. The minimum absolute atomic E-state index is 0.0170. The Bertz CT molecular complexity index is 236. The predicted molar refractivity (Wildman–Crippen MR) is 53.2 cm³/mol. The Labute approximate surface area is 89.1 Å². The third-order valence-electron chi connectivity index (χ3n) is 2.34. The Kier molecular flexibility index (Phi) is 4.55. The van der Waals surface area contributed by atoms with E-state index in [1.807, 2.05) is 6.92 Å². The van der Waals surface area contributed by atoms with Crippen molar-refractivity contribution in [3.05, 3.63) is 0 Å². The van der Waals surface area contributed by atoms with Gasteiger partial charge in [0, 0.05) is 6.61 Å². The van der Waals surface area contributed by atoms with Gasteiger partial charge < -0.3 is 14.8 Å². The van der Waals surface area contributed by atoms with Gasteiger partial charge in [0.15, 0.2) is 0 Å². The molecule has 0 aliphatic carbocycles. The van der Waals surface area contributed by atoms with Gasteiger partial charge in [-0.25, -0.2) is 4.79 Å². The van der Waals surface area contributed by atoms with Crippen LogP contribution in [0.15, 0.2) is 0 Å². The number of nitrogens with one attached hydrogen (secondary N) is 1. The van der Waals surface area contributed by atoms with Crippen molar-refractivity contribution in [2.45, 2.75) is 38.8 Å². The third kappa shape index (κ3) is 3.51. The average molecular weight is 215 g/mol. The van der Waals surface area contributed by atoms with Crippen LogP contribution in [0.5, 0.6) is 0 Å². The first-order valence-electron chi connectivity index (χ1n) is 5.24. The van der Waals surface area contributed by atoms with Crippen LogP contribution in [0.4, 0.5) is 0 Å². The fraction of sp³-hybridized carbons (Fsp3) is 0.800. The molecule has 1 fully saturated rings. The van der Waals surface area contributed by atoms with E-state index >= 15 is 0 Å². The number of amides is 1. The van der Waals surface area contributed by atoms with Crippen LogP contribution >= 0.6 is 0 Å². The van der Waals surface area contributed by atoms with Crippen LogP contribution in [0.1, 0.15) is 26.7 Å². The number of esters is 1. The highest BCUT2D eigenvalue weighted by atomic mass is 16.5. The molecule has 0 aromatic carbocycles. The summed E-state index contributed by atoms with van der Waals surface area (Å²) in [4.78, 5) is 22.3. The lowest BCUT2D eigenvalue weighted by Crippen LogP contribution is -2.44. The molecule has 0 aromatic rings. The number of ether oxygens (including phenoxy) is 2. The molecule has 15 heavy (non-hydrogen) atoms. The van der Waals surface area contributed by atoms with Crippen LogP contribution in [0.2, 0.25) is 0 Å². The molecule has 1 aliphatic heterocycles. The standard InChI is InChI=1S/C10H17NO4/c1-3-14-10(13)9(12)11-7(2)8-5-4-6-15-8/h7-8H,3-6H2,1-2H3,(H,11,12). The quantitative estimate of drug-likeness (QED) is 0.541. The van der Waals surface area contributed by atoms with E-state index < -0.39 is 11.9 Å². The highest BCUT2D eigenvalue weighted by Crippen LogP contribution is 2.15. The van der Waals surface area contributed by atoms with Crippen molar-refractivity contribution in [1.29, 1.82) is 0 Å². The van der Waals surface area contributed by atoms with E-state index in [4.69, 9.17) is 4.74 Å². The molecule has 1 saturated heterocycles. The second kappa shape index (κ2) is 5.70. The van der Waals surface area contributed by atoms with Gasteiger partial charge in [0.1, 0.15) is 0 Å². The minimum atomic E-state index is -0.831. The van der Waals surface area contributed by atoms with Gasteiger partial charge >= 0.3 is 11.9 Å². The van der Waals surface area contributed by atoms with Crippen LogP contribution in [-0.4, -0.2) is 37.2 Å². The SMILES string of the molecule is CCOC(=O)C(=O)NC(C)C1CCCO1. The Hall–Kier alpha value is -1.10. The summed E-state index contributed by atoms with van der Waals surface area (Å²) >= 11 is 0. The molecule has 0 saturated carbocycles. The summed E-state index contributed by atoms with van der Waals surface area (Å²) in [6.07, 6.45) is 1.94. The maximum atomic E-state index is 11.3. The molecular weight excluding hydrogens is 198 g/mol. The fourth-order valence-corrected chi connectivity index (χ4v) is 1.55. The van der Waals surface area contributed by atoms with Crippen molar-refractivity contribution in [1.82, 2.24) is 5.32 Å². The first-order chi connectivity index (χ1) is 7.15. The van der Waals surface area contributed by atoms with E-state index in [0.717, 1.165) is 19.4 Å². The lowest BCUT2D eigenvalue weighted by Gasteiger charge is -2.19. The maximum absolute atomic E-state index is 11.3. The summed E-state index contributed by atoms with van der Waals surface area (Å²) in [5.41, 5.74) is 0. The highest BCUT2D eigenvalue weighted by molar-refractivity contribution is 6.32. The summed E-state index contributed by atoms with van der Waals surface area (Å²) in [5.74, 6) is -1.53. The predicted octanol–water partition coefficient (Wildman–Crippen LogP) is 0.233. The summed E-state index contributed by atoms with van der Waals surface area (Å²) < 4.78 is 9.96. The van der Waals surface area contributed by atoms with Crippen LogP contribution < -0.4 is 5.32 Å². The van der Waals surface area contributed by atoms with Crippen molar-refractivity contribution in [3.8, 4) is 0 Å². The molecule has 0 aromatic heterocycles. The Morgan fingerprint density at radius 3 is 2.87 bits per heavy atom. The molecule has 86 valence electrons. The highest BCUT2D eigenvalue weighted by Gasteiger charge is 2.26. The summed E-state index contributed by atoms with van der Waals surface area (Å²) in [7, 11) is 0. The fourth-order valence-electron chi connectivity index (χ4n) is 1.55. The Morgan fingerprint density at radius 2 is 2.33 bits per heavy atom. The Balaban J connectivity index is 2.33. The van der Waals surface area contributed by atoms with Crippen molar-refractivity contribution >= 4 is 11.9 Å². The van der Waals surface area contributed by atoms with E-state index in [9.17, 15) is 9.59 Å². The van der Waals surface area contributed by atoms with Gasteiger partial charge in [-0.1, -0.05) is 0 Å². The molecule has 0 radical (unpaired) electrons. The molecule has 5 nitrogen and oxygen atoms in total. The molecule has 0 bridgehead atoms. The lowest BCUT2D eigenvalue weighted by molar-refractivity contribution is -0.155. The smallest absolute Gasteiger partial charge is 0.396 e. The van der Waals surface area contributed by atoms with Gasteiger partial charge in [0.25, 0.3) is 0 Å². The minimum Gasteiger partial charge on any atom is -0.459 e. The number of rotatable bonds is 3. The first kappa shape index (κ1) is 12.0. The topological polar surface area (TPSA) is 64.6 Å². The zero-order valence-electron chi connectivity index (χ0n) is 9.12. The molecule has 1 N–H and O–H groups in total. The second-order valence-electron chi connectivity index (χ2n) is 3.53. The van der Waals surface area contributed by atoms with Crippen molar-refractivity contribution in [2.75, 3.05) is 13.2 Å². The number of carbonyl (C=O) groups excluding carboxylic acids is 2. The third-order valence-corrected chi connectivity index (χ3v) is 2.34. The molecule has 0 spiro atoms. The molecular formula is C10H17NO4. The van der Waals surface area contributed by atoms with Crippen LogP contribution in [0, 0.1) is 0 Å². The van der Waals surface area contributed by atoms with Gasteiger partial charge in [-0.05, 0) is 26.7 Å². The van der Waals surface area contributed by atoms with Gasteiger partial charge in [-0.15, -0.1) is 0 Å². The number of hydrogen-bond acceptors (Lipinski definition) is 4. The monoisotopic (exact) mass is 215 g/mol. The molecule has 1 aliphatic rings. The van der Waals surface area contributed by atoms with Crippen LogP contribution in [0.25, 0.3) is 0 Å². The van der Waals surface area contributed by atoms with E-state index in [1.54, 1.807) is 6.92 Å². The first-order valence-corrected chi connectivity index (χ1v) is 5.24. The average Bonchev–Trinajstić information content (AvgIpc) is 2.70. The lowest BCUT2D eigenvalue weighted by atomic mass is 10.1. The normalized spacial score (nSPS) is 22.1. The number of hydrogen-bond donors (Lipinski definition) is 1. The molecule has 2 unspecified atom stereocenters. The Morgan fingerprint density at radius 1 is 1.60 bits per heavy atom. The molecule has 5 heteroatoms. The second-order valence-corrected chi connectivity index (χ2v) is 3.53. The molecule has 1 amide bonds. The van der Waals surface area contributed by atoms with Gasteiger partial charge in [-0.3, -0.25) is 4.79 Å². The summed E-state index contributed by atoms with van der Waals surface area (Å²) in [5, 5.41) is 2.57. The van der Waals surface area contributed by atoms with E-state index in [1.165, 1.54) is 0 Å². The van der Waals surface area contributed by atoms with Crippen LogP contribution in [0.3, 0.4) is 0 Å². The molecule has 2 atom stereocenters. The number of carbonyl (C=O) groups is 2. The van der Waals surface area contributed by atoms with Crippen molar-refractivity contribution in [2.24, 2.45) is 0 Å². The van der Waals surface area contributed by atoms with E-state index in [-0.39, 0.29) is 18.8 Å². The zero-order chi connectivity index (χ0) is 11.3. The maximum Gasteiger partial charge on any atom is 0.396 e.